The molecule has 0 bridgehead atoms. The molecule has 0 amide bonds. The highest BCUT2D eigenvalue weighted by atomic mass is 32.1. The number of aryl methyl sites for hydroxylation is 3. The van der Waals surface area contributed by atoms with Gasteiger partial charge in [0.2, 0.25) is 0 Å². The summed E-state index contributed by atoms with van der Waals surface area (Å²) in [6.45, 7) is 7.19. The van der Waals surface area contributed by atoms with Gasteiger partial charge in [0.15, 0.2) is 5.84 Å². The van der Waals surface area contributed by atoms with Crippen LogP contribution >= 0.6 is 0 Å². The van der Waals surface area contributed by atoms with Gasteiger partial charge in [-0.2, -0.15) is 0 Å². The van der Waals surface area contributed by atoms with E-state index in [4.69, 9.17) is 10.1 Å². The van der Waals surface area contributed by atoms with Crippen LogP contribution in [0.1, 0.15) is 40.7 Å². The summed E-state index contributed by atoms with van der Waals surface area (Å²) in [6.07, 6.45) is 3.65. The number of nitrogens with one attached hydrogen (secondary N) is 2. The molecular formula is C22H28N3OS+. The Morgan fingerprint density at radius 3 is 2.52 bits per heavy atom. The third kappa shape index (κ3) is 5.68. The standard InChI is InChI=1S/C22H27N3OS/c1-14-4-6-17(7-5-14)21(23)25-22(27)26-20-13-15(2)18(12-16(20)3)10-11-24-19-8-9-19/h4-7,12-13,19,24H,8-11H2,1-3H3,(H2,23,25,27)/p+1. The molecule has 1 aliphatic carbocycles. The van der Waals surface area contributed by atoms with Crippen molar-refractivity contribution in [3.8, 4) is 5.75 Å². The molecule has 4 nitrogen and oxygen atoms in total. The lowest BCUT2D eigenvalue weighted by Gasteiger charge is -2.12. The summed E-state index contributed by atoms with van der Waals surface area (Å²) < 4.78 is 5.86. The number of benzene rings is 2. The van der Waals surface area contributed by atoms with E-state index in [0.29, 0.717) is 0 Å². The molecule has 142 valence electrons. The lowest BCUT2D eigenvalue weighted by atomic mass is 10.0. The van der Waals surface area contributed by atoms with Crippen molar-refractivity contribution in [2.45, 2.75) is 46.1 Å². The van der Waals surface area contributed by atoms with E-state index < -0.39 is 0 Å². The topological polar surface area (TPSA) is 57.5 Å². The summed E-state index contributed by atoms with van der Waals surface area (Å²) in [4.78, 5) is 4.22. The van der Waals surface area contributed by atoms with Gasteiger partial charge in [-0.1, -0.05) is 35.9 Å². The first-order valence-corrected chi connectivity index (χ1v) is 9.89. The van der Waals surface area contributed by atoms with Crippen molar-refractivity contribution in [1.82, 2.24) is 5.32 Å². The molecule has 0 saturated heterocycles. The molecule has 0 unspecified atom stereocenters. The Hall–Kier alpha value is -2.11. The minimum atomic E-state index is 0.164. The van der Waals surface area contributed by atoms with Crippen LogP contribution in [0.25, 0.3) is 0 Å². The van der Waals surface area contributed by atoms with Crippen molar-refractivity contribution in [1.29, 1.82) is 5.41 Å². The fourth-order valence-electron chi connectivity index (χ4n) is 2.93. The molecule has 2 aromatic carbocycles. The van der Waals surface area contributed by atoms with Crippen molar-refractivity contribution in [3.63, 3.8) is 0 Å². The minimum Gasteiger partial charge on any atom is -0.402 e. The van der Waals surface area contributed by atoms with Gasteiger partial charge in [0.05, 0.1) is 12.6 Å². The largest absolute Gasteiger partial charge is 0.414 e. The highest BCUT2D eigenvalue weighted by molar-refractivity contribution is 7.77. The van der Waals surface area contributed by atoms with Crippen molar-refractivity contribution in [2.75, 3.05) is 6.54 Å². The molecule has 3 rings (SSSR count). The zero-order valence-electron chi connectivity index (χ0n) is 16.2. The molecule has 0 heterocycles. The maximum Gasteiger partial charge on any atom is 0.414 e. The normalized spacial score (nSPS) is 14.3. The molecule has 2 N–H and O–H groups in total. The molecule has 1 saturated carbocycles. The molecule has 0 aromatic heterocycles. The first-order valence-electron chi connectivity index (χ1n) is 9.39. The Kier molecular flexibility index (Phi) is 6.34. The van der Waals surface area contributed by atoms with E-state index in [1.54, 1.807) is 0 Å². The first kappa shape index (κ1) is 19.6. The third-order valence-corrected chi connectivity index (χ3v) is 5.00. The average Bonchev–Trinajstić information content (AvgIpc) is 3.43. The number of amidine groups is 1. The summed E-state index contributed by atoms with van der Waals surface area (Å²) in [7, 11) is 0. The molecular weight excluding hydrogens is 354 g/mol. The van der Waals surface area contributed by atoms with Crippen molar-refractivity contribution in [3.05, 3.63) is 64.2 Å². The molecule has 2 aromatic rings. The average molecular weight is 383 g/mol. The number of ether oxygens (including phenoxy) is 1. The van der Waals surface area contributed by atoms with E-state index in [1.807, 2.05) is 44.2 Å². The van der Waals surface area contributed by atoms with Crippen LogP contribution in [-0.4, -0.2) is 23.7 Å². The number of nitrogens with zero attached hydrogens (tertiary/aromatic N) is 1. The zero-order chi connectivity index (χ0) is 19.4. The monoisotopic (exact) mass is 382 g/mol. The van der Waals surface area contributed by atoms with Gasteiger partial charge < -0.3 is 10.1 Å². The fourth-order valence-corrected chi connectivity index (χ4v) is 3.15. The van der Waals surface area contributed by atoms with Crippen LogP contribution in [0.3, 0.4) is 0 Å². The number of hydrogen-bond acceptors (Lipinski definition) is 3. The van der Waals surface area contributed by atoms with E-state index in [-0.39, 0.29) is 11.1 Å². The van der Waals surface area contributed by atoms with E-state index >= 15 is 0 Å². The lowest BCUT2D eigenvalue weighted by molar-refractivity contribution is 0.561. The van der Waals surface area contributed by atoms with Gasteiger partial charge in [-0.25, -0.2) is 0 Å². The van der Waals surface area contributed by atoms with Crippen molar-refractivity contribution in [2.24, 2.45) is 4.99 Å². The highest BCUT2D eigenvalue weighted by Crippen LogP contribution is 2.24. The van der Waals surface area contributed by atoms with E-state index in [0.717, 1.165) is 41.4 Å². The van der Waals surface area contributed by atoms with Gasteiger partial charge >= 0.3 is 5.23 Å². The van der Waals surface area contributed by atoms with E-state index in [2.05, 4.69) is 35.9 Å². The van der Waals surface area contributed by atoms with Crippen LogP contribution in [-0.2, 0) is 19.0 Å². The molecule has 0 spiro atoms. The number of aliphatic imine (C=N–C) groups is 1. The van der Waals surface area contributed by atoms with Crippen LogP contribution < -0.4 is 10.1 Å². The van der Waals surface area contributed by atoms with Gasteiger partial charge in [-0.3, -0.25) is 5.41 Å². The molecule has 1 fully saturated rings. The van der Waals surface area contributed by atoms with Crippen LogP contribution in [0.2, 0.25) is 0 Å². The SMILES string of the molecule is Cc1ccc(C(=N)N=C([SH2+])Oc2cc(C)c(CCNC3CC3)cc2C)cc1. The van der Waals surface area contributed by atoms with Gasteiger partial charge in [0.1, 0.15) is 5.75 Å². The molecule has 0 atom stereocenters. The molecule has 27 heavy (non-hydrogen) atoms. The van der Waals surface area contributed by atoms with Crippen molar-refractivity contribution < 1.29 is 4.74 Å². The van der Waals surface area contributed by atoms with Crippen LogP contribution in [0.4, 0.5) is 0 Å². The predicted octanol–water partition coefficient (Wildman–Crippen LogP) is 3.68. The fraction of sp³-hybridized carbons (Fsp3) is 0.364. The zero-order valence-corrected chi connectivity index (χ0v) is 17.2. The van der Waals surface area contributed by atoms with Gasteiger partial charge in [0.25, 0.3) is 0 Å². The Bertz CT molecular complexity index is 855. The summed E-state index contributed by atoms with van der Waals surface area (Å²) >= 11 is 3.40. The van der Waals surface area contributed by atoms with Gasteiger partial charge in [-0.15, -0.1) is 4.99 Å². The summed E-state index contributed by atoms with van der Waals surface area (Å²) in [6, 6.07) is 12.7. The van der Waals surface area contributed by atoms with Crippen LogP contribution in [0, 0.1) is 26.2 Å². The Morgan fingerprint density at radius 1 is 1.15 bits per heavy atom. The predicted molar refractivity (Wildman–Crippen MR) is 117 cm³/mol. The Morgan fingerprint density at radius 2 is 1.85 bits per heavy atom. The summed E-state index contributed by atoms with van der Waals surface area (Å²) in [5.41, 5.74) is 5.53. The summed E-state index contributed by atoms with van der Waals surface area (Å²) in [5.74, 6) is 0.925. The smallest absolute Gasteiger partial charge is 0.402 e. The molecule has 0 radical (unpaired) electrons. The Balaban J connectivity index is 1.65. The molecule has 5 heteroatoms. The second kappa shape index (κ2) is 8.72. The van der Waals surface area contributed by atoms with Crippen LogP contribution in [0.5, 0.6) is 5.75 Å². The summed E-state index contributed by atoms with van der Waals surface area (Å²) in [5, 5.41) is 12.0. The maximum atomic E-state index is 8.14. The minimum absolute atomic E-state index is 0.164. The van der Waals surface area contributed by atoms with Crippen molar-refractivity contribution >= 4 is 23.7 Å². The quantitative estimate of drug-likeness (QED) is 0.455. The maximum absolute atomic E-state index is 8.14. The van der Waals surface area contributed by atoms with E-state index in [9.17, 15) is 0 Å². The van der Waals surface area contributed by atoms with Crippen LogP contribution in [0.15, 0.2) is 41.4 Å². The first-order chi connectivity index (χ1) is 12.9. The molecule has 1 aliphatic rings. The van der Waals surface area contributed by atoms with Gasteiger partial charge in [0, 0.05) is 11.6 Å². The lowest BCUT2D eigenvalue weighted by Crippen LogP contribution is -2.19. The second-order valence-corrected chi connectivity index (χ2v) is 7.68. The third-order valence-electron chi connectivity index (χ3n) is 4.78. The van der Waals surface area contributed by atoms with E-state index in [1.165, 1.54) is 24.0 Å². The number of rotatable bonds is 6. The Labute approximate surface area is 167 Å². The number of hydrogen-bond donors (Lipinski definition) is 2. The van der Waals surface area contributed by atoms with Gasteiger partial charge in [-0.05, 0) is 69.3 Å². The highest BCUT2D eigenvalue weighted by Gasteiger charge is 2.20. The second-order valence-electron chi connectivity index (χ2n) is 7.26. The molecule has 0 aliphatic heterocycles.